The summed E-state index contributed by atoms with van der Waals surface area (Å²) in [5.41, 5.74) is 0. The van der Waals surface area contributed by atoms with Crippen LogP contribution in [0.3, 0.4) is 0 Å². The molecule has 0 spiro atoms. The summed E-state index contributed by atoms with van der Waals surface area (Å²) in [6.07, 6.45) is 0. The van der Waals surface area contributed by atoms with Gasteiger partial charge in [0.1, 0.15) is 5.75 Å². The van der Waals surface area contributed by atoms with E-state index >= 15 is 0 Å². The van der Waals surface area contributed by atoms with E-state index in [0.717, 1.165) is 24.6 Å². The van der Waals surface area contributed by atoms with E-state index in [1.165, 1.54) is 0 Å². The molecule has 0 N–H and O–H groups in total. The molecule has 0 saturated heterocycles. The van der Waals surface area contributed by atoms with E-state index in [1.807, 2.05) is 25.1 Å². The summed E-state index contributed by atoms with van der Waals surface area (Å²) in [6, 6.07) is 5.80. The van der Waals surface area contributed by atoms with Crippen molar-refractivity contribution in [1.29, 1.82) is 0 Å². The first kappa shape index (κ1) is 10.3. The Morgan fingerprint density at radius 1 is 1.50 bits per heavy atom. The van der Waals surface area contributed by atoms with Gasteiger partial charge in [-0.15, -0.1) is 11.3 Å². The van der Waals surface area contributed by atoms with Crippen LogP contribution in [-0.2, 0) is 0 Å². The number of fused-ring (bicyclic) bond motifs is 1. The number of rotatable bonds is 2. The Bertz CT molecular complexity index is 466. The lowest BCUT2D eigenvalue weighted by atomic mass is 10.2. The van der Waals surface area contributed by atoms with E-state index in [1.54, 1.807) is 11.3 Å². The Hall–Kier alpha value is -0.250. The number of halogens is 2. The molecule has 4 heteroatoms. The molecule has 0 amide bonds. The monoisotopic (exact) mass is 290 g/mol. The third kappa shape index (κ3) is 1.76. The summed E-state index contributed by atoms with van der Waals surface area (Å²) in [5, 5.41) is 1.82. The molecular formula is C10H8BrClOS. The lowest BCUT2D eigenvalue weighted by Gasteiger charge is -2.04. The molecule has 1 heterocycles. The largest absolute Gasteiger partial charge is 0.492 e. The minimum Gasteiger partial charge on any atom is -0.492 e. The average molecular weight is 292 g/mol. The maximum Gasteiger partial charge on any atom is 0.137 e. The first-order valence-electron chi connectivity index (χ1n) is 4.22. The number of hydrogen-bond acceptors (Lipinski definition) is 2. The fraction of sp³-hybridized carbons (Fsp3) is 0.200. The van der Waals surface area contributed by atoms with Crippen LogP contribution in [0.5, 0.6) is 5.75 Å². The fourth-order valence-electron chi connectivity index (χ4n) is 1.30. The lowest BCUT2D eigenvalue weighted by Crippen LogP contribution is -1.90. The summed E-state index contributed by atoms with van der Waals surface area (Å²) in [4.78, 5) is 0. The zero-order chi connectivity index (χ0) is 10.1. The number of hydrogen-bond donors (Lipinski definition) is 0. The number of benzene rings is 1. The maximum atomic E-state index is 6.07. The van der Waals surface area contributed by atoms with Gasteiger partial charge in [-0.2, -0.15) is 0 Å². The molecule has 1 nitrogen and oxygen atoms in total. The van der Waals surface area contributed by atoms with Gasteiger partial charge in [-0.3, -0.25) is 0 Å². The molecule has 0 fully saturated rings. The first-order valence-corrected chi connectivity index (χ1v) is 6.21. The summed E-state index contributed by atoms with van der Waals surface area (Å²) >= 11 is 11.2. The molecule has 0 aliphatic heterocycles. The van der Waals surface area contributed by atoms with Crippen LogP contribution in [0, 0.1) is 0 Å². The van der Waals surface area contributed by atoms with Gasteiger partial charge in [-0.1, -0.05) is 11.6 Å². The van der Waals surface area contributed by atoms with Gasteiger partial charge in [-0.05, 0) is 41.1 Å². The summed E-state index contributed by atoms with van der Waals surface area (Å²) in [7, 11) is 0. The third-order valence-electron chi connectivity index (χ3n) is 1.86. The predicted octanol–water partition coefficient (Wildman–Crippen LogP) is 4.72. The van der Waals surface area contributed by atoms with Crippen molar-refractivity contribution >= 4 is 49.0 Å². The van der Waals surface area contributed by atoms with E-state index < -0.39 is 0 Å². The molecule has 0 aliphatic carbocycles. The van der Waals surface area contributed by atoms with Crippen molar-refractivity contribution in [1.82, 2.24) is 0 Å². The SMILES string of the molecule is CCOc1ccc(Cl)c2cc(Br)sc12. The molecule has 2 rings (SSSR count). The van der Waals surface area contributed by atoms with Crippen molar-refractivity contribution in [3.05, 3.63) is 27.0 Å². The van der Waals surface area contributed by atoms with Gasteiger partial charge in [0, 0.05) is 10.4 Å². The molecule has 0 atom stereocenters. The lowest BCUT2D eigenvalue weighted by molar-refractivity contribution is 0.345. The summed E-state index contributed by atoms with van der Waals surface area (Å²) in [5.74, 6) is 0.905. The highest BCUT2D eigenvalue weighted by atomic mass is 79.9. The molecule has 1 aromatic heterocycles. The van der Waals surface area contributed by atoms with Gasteiger partial charge in [0.25, 0.3) is 0 Å². The molecule has 0 bridgehead atoms. The Morgan fingerprint density at radius 3 is 3.00 bits per heavy atom. The van der Waals surface area contributed by atoms with Gasteiger partial charge >= 0.3 is 0 Å². The Labute approximate surface area is 99.8 Å². The maximum absolute atomic E-state index is 6.07. The van der Waals surface area contributed by atoms with Crippen LogP contribution in [0.2, 0.25) is 5.02 Å². The highest BCUT2D eigenvalue weighted by Crippen LogP contribution is 2.39. The van der Waals surface area contributed by atoms with Crippen LogP contribution in [0.4, 0.5) is 0 Å². The zero-order valence-corrected chi connectivity index (χ0v) is 10.7. The quantitative estimate of drug-likeness (QED) is 0.778. The van der Waals surface area contributed by atoms with Gasteiger partial charge in [-0.25, -0.2) is 0 Å². The number of thiophene rings is 1. The van der Waals surface area contributed by atoms with Gasteiger partial charge in [0.15, 0.2) is 0 Å². The molecule has 0 aliphatic rings. The van der Waals surface area contributed by atoms with Gasteiger partial charge in [0.2, 0.25) is 0 Å². The van der Waals surface area contributed by atoms with Crippen molar-refractivity contribution < 1.29 is 4.74 Å². The minimum absolute atomic E-state index is 0.673. The van der Waals surface area contributed by atoms with Crippen LogP contribution in [0.25, 0.3) is 10.1 Å². The Morgan fingerprint density at radius 2 is 2.29 bits per heavy atom. The van der Waals surface area contributed by atoms with Crippen molar-refractivity contribution in [3.8, 4) is 5.75 Å². The van der Waals surface area contributed by atoms with E-state index in [4.69, 9.17) is 16.3 Å². The highest BCUT2D eigenvalue weighted by Gasteiger charge is 2.08. The van der Waals surface area contributed by atoms with Gasteiger partial charge in [0.05, 0.1) is 15.1 Å². The molecule has 2 aromatic rings. The van der Waals surface area contributed by atoms with Crippen molar-refractivity contribution in [2.45, 2.75) is 6.92 Å². The molecule has 0 unspecified atom stereocenters. The minimum atomic E-state index is 0.673. The van der Waals surface area contributed by atoms with E-state index in [-0.39, 0.29) is 0 Å². The second-order valence-electron chi connectivity index (χ2n) is 2.77. The molecule has 0 saturated carbocycles. The molecule has 1 aromatic carbocycles. The van der Waals surface area contributed by atoms with Crippen molar-refractivity contribution in [2.24, 2.45) is 0 Å². The van der Waals surface area contributed by atoms with E-state index in [9.17, 15) is 0 Å². The molecule has 74 valence electrons. The Balaban J connectivity index is 2.68. The van der Waals surface area contributed by atoms with Crippen LogP contribution < -0.4 is 4.74 Å². The second-order valence-corrected chi connectivity index (χ2v) is 5.61. The zero-order valence-electron chi connectivity index (χ0n) is 7.51. The standard InChI is InChI=1S/C10H8BrClOS/c1-2-13-8-4-3-7(12)6-5-9(11)14-10(6)8/h3-5H,2H2,1H3. The molecular weight excluding hydrogens is 284 g/mol. The second kappa shape index (κ2) is 4.09. The molecule has 14 heavy (non-hydrogen) atoms. The number of ether oxygens (including phenoxy) is 1. The van der Waals surface area contributed by atoms with Gasteiger partial charge < -0.3 is 4.74 Å². The third-order valence-corrected chi connectivity index (χ3v) is 3.85. The van der Waals surface area contributed by atoms with Crippen LogP contribution in [0.15, 0.2) is 22.0 Å². The van der Waals surface area contributed by atoms with Crippen LogP contribution in [0.1, 0.15) is 6.92 Å². The topological polar surface area (TPSA) is 9.23 Å². The Kier molecular flexibility index (Phi) is 3.00. The first-order chi connectivity index (χ1) is 6.72. The van der Waals surface area contributed by atoms with Crippen molar-refractivity contribution in [3.63, 3.8) is 0 Å². The fourth-order valence-corrected chi connectivity index (χ4v) is 3.17. The predicted molar refractivity (Wildman–Crippen MR) is 65.7 cm³/mol. The normalized spacial score (nSPS) is 10.8. The van der Waals surface area contributed by atoms with E-state index in [2.05, 4.69) is 15.9 Å². The smallest absolute Gasteiger partial charge is 0.137 e. The van der Waals surface area contributed by atoms with Crippen LogP contribution >= 0.6 is 38.9 Å². The highest BCUT2D eigenvalue weighted by molar-refractivity contribution is 9.11. The summed E-state index contributed by atoms with van der Waals surface area (Å²) < 4.78 is 7.69. The molecule has 0 radical (unpaired) electrons. The average Bonchev–Trinajstić information content (AvgIpc) is 2.53. The van der Waals surface area contributed by atoms with Crippen LogP contribution in [-0.4, -0.2) is 6.61 Å². The van der Waals surface area contributed by atoms with Crippen molar-refractivity contribution in [2.75, 3.05) is 6.61 Å². The summed E-state index contributed by atoms with van der Waals surface area (Å²) in [6.45, 7) is 2.65. The van der Waals surface area contributed by atoms with E-state index in [0.29, 0.717) is 6.61 Å².